The zero-order valence-corrected chi connectivity index (χ0v) is 12.0. The number of aromatic nitrogens is 2. The zero-order valence-electron chi connectivity index (χ0n) is 12.0. The average Bonchev–Trinajstić information content (AvgIpc) is 3.07. The van der Waals surface area contributed by atoms with E-state index in [-0.39, 0.29) is 6.29 Å². The third-order valence-electron chi connectivity index (χ3n) is 3.41. The monoisotopic (exact) mass is 288 g/mol. The molecule has 1 aliphatic rings. The smallest absolute Gasteiger partial charge is 0.157 e. The van der Waals surface area contributed by atoms with Crippen molar-refractivity contribution in [1.82, 2.24) is 9.55 Å². The lowest BCUT2D eigenvalue weighted by molar-refractivity contribution is -0.165. The van der Waals surface area contributed by atoms with Crippen molar-refractivity contribution in [1.29, 1.82) is 0 Å². The number of imidazole rings is 1. The maximum Gasteiger partial charge on any atom is 0.157 e. The quantitative estimate of drug-likeness (QED) is 0.767. The van der Waals surface area contributed by atoms with Crippen LogP contribution in [0.3, 0.4) is 0 Å². The molecule has 21 heavy (non-hydrogen) atoms. The molecule has 1 saturated heterocycles. The fourth-order valence-electron chi connectivity index (χ4n) is 2.33. The van der Waals surface area contributed by atoms with Gasteiger partial charge in [0.05, 0.1) is 18.6 Å². The van der Waals surface area contributed by atoms with Crippen LogP contribution in [0.4, 0.5) is 0 Å². The van der Waals surface area contributed by atoms with Gasteiger partial charge < -0.3 is 18.8 Å². The van der Waals surface area contributed by atoms with Crippen molar-refractivity contribution >= 4 is 0 Å². The summed E-state index contributed by atoms with van der Waals surface area (Å²) in [4.78, 5) is 4.04. The molecule has 112 valence electrons. The Labute approximate surface area is 124 Å². The van der Waals surface area contributed by atoms with Crippen molar-refractivity contribution in [2.45, 2.75) is 25.6 Å². The van der Waals surface area contributed by atoms with E-state index in [1.807, 2.05) is 35.0 Å². The summed E-state index contributed by atoms with van der Waals surface area (Å²) in [6.45, 7) is 1.87. The lowest BCUT2D eigenvalue weighted by Gasteiger charge is -2.22. The molecular formula is C16H20N2O3. The van der Waals surface area contributed by atoms with Crippen LogP contribution in [0, 0.1) is 0 Å². The minimum atomic E-state index is -0.0559. The van der Waals surface area contributed by atoms with Gasteiger partial charge in [-0.15, -0.1) is 0 Å². The van der Waals surface area contributed by atoms with Gasteiger partial charge in [0.2, 0.25) is 0 Å². The molecule has 0 amide bonds. The molecule has 1 aromatic carbocycles. The third-order valence-corrected chi connectivity index (χ3v) is 3.41. The molecule has 0 radical (unpaired) electrons. The highest BCUT2D eigenvalue weighted by molar-refractivity contribution is 5.39. The summed E-state index contributed by atoms with van der Waals surface area (Å²) >= 11 is 0. The Morgan fingerprint density at radius 1 is 1.29 bits per heavy atom. The molecule has 5 heteroatoms. The SMILES string of the molecule is c1cc(OCCO[C@@H]2CCCCO2)cc(-n2ccnc2)c1. The van der Waals surface area contributed by atoms with Gasteiger partial charge in [0, 0.05) is 25.1 Å². The van der Waals surface area contributed by atoms with Gasteiger partial charge in [-0.25, -0.2) is 4.98 Å². The van der Waals surface area contributed by atoms with Gasteiger partial charge in [-0.05, 0) is 31.4 Å². The Balaban J connectivity index is 1.46. The zero-order chi connectivity index (χ0) is 14.3. The summed E-state index contributed by atoms with van der Waals surface area (Å²) in [5, 5.41) is 0. The largest absolute Gasteiger partial charge is 0.491 e. The first-order chi connectivity index (χ1) is 10.4. The van der Waals surface area contributed by atoms with E-state index < -0.39 is 0 Å². The molecule has 2 heterocycles. The van der Waals surface area contributed by atoms with E-state index in [4.69, 9.17) is 14.2 Å². The van der Waals surface area contributed by atoms with Crippen LogP contribution in [0.25, 0.3) is 5.69 Å². The maximum atomic E-state index is 5.72. The summed E-state index contributed by atoms with van der Waals surface area (Å²) in [6.07, 6.45) is 8.67. The molecule has 0 unspecified atom stereocenters. The Morgan fingerprint density at radius 3 is 3.10 bits per heavy atom. The van der Waals surface area contributed by atoms with Crippen LogP contribution >= 0.6 is 0 Å². The molecule has 0 bridgehead atoms. The molecule has 1 aliphatic heterocycles. The number of rotatable bonds is 6. The van der Waals surface area contributed by atoms with E-state index in [9.17, 15) is 0 Å². The highest BCUT2D eigenvalue weighted by atomic mass is 16.7. The fraction of sp³-hybridized carbons (Fsp3) is 0.438. The Kier molecular flexibility index (Phi) is 4.86. The first kappa shape index (κ1) is 14.1. The molecule has 1 fully saturated rings. The Bertz CT molecular complexity index is 536. The van der Waals surface area contributed by atoms with Crippen molar-refractivity contribution in [3.63, 3.8) is 0 Å². The summed E-state index contributed by atoms with van der Waals surface area (Å²) < 4.78 is 18.8. The van der Waals surface area contributed by atoms with E-state index in [2.05, 4.69) is 4.98 Å². The molecule has 2 aromatic rings. The Hall–Kier alpha value is -1.85. The van der Waals surface area contributed by atoms with Crippen LogP contribution < -0.4 is 4.74 Å². The third kappa shape index (κ3) is 4.06. The molecule has 0 saturated carbocycles. The molecule has 3 rings (SSSR count). The molecule has 5 nitrogen and oxygen atoms in total. The summed E-state index contributed by atoms with van der Waals surface area (Å²) in [5.74, 6) is 0.828. The first-order valence-electron chi connectivity index (χ1n) is 7.36. The van der Waals surface area contributed by atoms with Gasteiger partial charge >= 0.3 is 0 Å². The van der Waals surface area contributed by atoms with Gasteiger partial charge in [0.1, 0.15) is 12.4 Å². The minimum Gasteiger partial charge on any atom is -0.491 e. The van der Waals surface area contributed by atoms with E-state index in [0.717, 1.165) is 30.9 Å². The molecule has 0 aliphatic carbocycles. The lowest BCUT2D eigenvalue weighted by atomic mass is 10.2. The summed E-state index contributed by atoms with van der Waals surface area (Å²) in [7, 11) is 0. The normalized spacial score (nSPS) is 18.6. The molecule has 0 N–H and O–H groups in total. The van der Waals surface area contributed by atoms with Crippen molar-refractivity contribution in [3.05, 3.63) is 43.0 Å². The van der Waals surface area contributed by atoms with Gasteiger partial charge in [-0.3, -0.25) is 0 Å². The second-order valence-corrected chi connectivity index (χ2v) is 4.98. The number of hydrogen-bond acceptors (Lipinski definition) is 4. The highest BCUT2D eigenvalue weighted by Crippen LogP contribution is 2.17. The topological polar surface area (TPSA) is 45.5 Å². The second kappa shape index (κ2) is 7.24. The standard InChI is InChI=1S/C16H20N2O3/c1-2-9-20-16(6-1)21-11-10-19-15-5-3-4-14(12-15)18-8-7-17-13-18/h3-5,7-8,12-13,16H,1-2,6,9-11H2/t16-/m1/s1. The van der Waals surface area contributed by atoms with Crippen LogP contribution in [0.1, 0.15) is 19.3 Å². The van der Waals surface area contributed by atoms with Crippen LogP contribution in [0.15, 0.2) is 43.0 Å². The summed E-state index contributed by atoms with van der Waals surface area (Å²) in [6, 6.07) is 7.91. The highest BCUT2D eigenvalue weighted by Gasteiger charge is 2.13. The molecule has 1 aromatic heterocycles. The van der Waals surface area contributed by atoms with Gasteiger partial charge in [0.15, 0.2) is 6.29 Å². The number of ether oxygens (including phenoxy) is 3. The maximum absolute atomic E-state index is 5.72. The van der Waals surface area contributed by atoms with E-state index in [1.54, 1.807) is 12.5 Å². The fourth-order valence-corrected chi connectivity index (χ4v) is 2.33. The van der Waals surface area contributed by atoms with E-state index in [0.29, 0.717) is 13.2 Å². The molecular weight excluding hydrogens is 268 g/mol. The number of nitrogens with zero attached hydrogens (tertiary/aromatic N) is 2. The molecule has 0 spiro atoms. The molecule has 1 atom stereocenters. The van der Waals surface area contributed by atoms with Crippen molar-refractivity contribution in [2.24, 2.45) is 0 Å². The lowest BCUT2D eigenvalue weighted by Crippen LogP contribution is -2.24. The van der Waals surface area contributed by atoms with Gasteiger partial charge in [-0.1, -0.05) is 6.07 Å². The van der Waals surface area contributed by atoms with Crippen LogP contribution in [-0.2, 0) is 9.47 Å². The second-order valence-electron chi connectivity index (χ2n) is 4.98. The van der Waals surface area contributed by atoms with Gasteiger partial charge in [-0.2, -0.15) is 0 Å². The first-order valence-corrected chi connectivity index (χ1v) is 7.36. The van der Waals surface area contributed by atoms with Crippen molar-refractivity contribution in [3.8, 4) is 11.4 Å². The predicted molar refractivity (Wildman–Crippen MR) is 78.6 cm³/mol. The van der Waals surface area contributed by atoms with E-state index in [1.165, 1.54) is 6.42 Å². The van der Waals surface area contributed by atoms with Crippen molar-refractivity contribution in [2.75, 3.05) is 19.8 Å². The Morgan fingerprint density at radius 2 is 2.29 bits per heavy atom. The predicted octanol–water partition coefficient (Wildman–Crippen LogP) is 2.79. The van der Waals surface area contributed by atoms with Crippen molar-refractivity contribution < 1.29 is 14.2 Å². The van der Waals surface area contributed by atoms with Crippen LogP contribution in [0.5, 0.6) is 5.75 Å². The van der Waals surface area contributed by atoms with Gasteiger partial charge in [0.25, 0.3) is 0 Å². The number of hydrogen-bond donors (Lipinski definition) is 0. The van der Waals surface area contributed by atoms with Crippen LogP contribution in [0.2, 0.25) is 0 Å². The van der Waals surface area contributed by atoms with Crippen LogP contribution in [-0.4, -0.2) is 35.7 Å². The summed E-state index contributed by atoms with van der Waals surface area (Å²) in [5.41, 5.74) is 1.03. The minimum absolute atomic E-state index is 0.0559. The van der Waals surface area contributed by atoms with E-state index >= 15 is 0 Å². The number of benzene rings is 1. The average molecular weight is 288 g/mol.